The third-order valence-corrected chi connectivity index (χ3v) is 4.95. The molecule has 0 amide bonds. The molecule has 1 aromatic rings. The normalized spacial score (nSPS) is 30.8. The number of nitrogens with one attached hydrogen (secondary N) is 1. The van der Waals surface area contributed by atoms with Crippen LogP contribution < -0.4 is 5.32 Å². The Morgan fingerprint density at radius 3 is 2.68 bits per heavy atom. The summed E-state index contributed by atoms with van der Waals surface area (Å²) in [6.45, 7) is 8.29. The van der Waals surface area contributed by atoms with Crippen molar-refractivity contribution in [2.24, 2.45) is 5.92 Å². The second-order valence-corrected chi connectivity index (χ2v) is 6.53. The van der Waals surface area contributed by atoms with Gasteiger partial charge in [-0.2, -0.15) is 0 Å². The van der Waals surface area contributed by atoms with E-state index < -0.39 is 0 Å². The van der Waals surface area contributed by atoms with Gasteiger partial charge in [0.25, 0.3) is 0 Å². The SMILES string of the molecule is CC(C1CC1)N1CCCNC(C)(c2ccccc2)C1. The monoisotopic (exact) mass is 258 g/mol. The van der Waals surface area contributed by atoms with Gasteiger partial charge < -0.3 is 5.32 Å². The molecule has 0 bridgehead atoms. The van der Waals surface area contributed by atoms with Crippen molar-refractivity contribution in [3.8, 4) is 0 Å². The molecule has 3 rings (SSSR count). The van der Waals surface area contributed by atoms with E-state index in [4.69, 9.17) is 0 Å². The van der Waals surface area contributed by atoms with E-state index >= 15 is 0 Å². The Labute approximate surface area is 117 Å². The molecule has 1 aliphatic heterocycles. The van der Waals surface area contributed by atoms with Gasteiger partial charge in [-0.15, -0.1) is 0 Å². The van der Waals surface area contributed by atoms with Gasteiger partial charge in [0.05, 0.1) is 5.54 Å². The molecule has 1 saturated carbocycles. The highest BCUT2D eigenvalue weighted by molar-refractivity contribution is 5.24. The average Bonchev–Trinajstić information content (AvgIpc) is 3.26. The first-order valence-electron chi connectivity index (χ1n) is 7.74. The Morgan fingerprint density at radius 2 is 2.00 bits per heavy atom. The van der Waals surface area contributed by atoms with Gasteiger partial charge in [-0.1, -0.05) is 30.3 Å². The van der Waals surface area contributed by atoms with Crippen LogP contribution in [0.2, 0.25) is 0 Å². The van der Waals surface area contributed by atoms with Crippen LogP contribution in [0, 0.1) is 5.92 Å². The standard InChI is InChI=1S/C17H26N2/c1-14(15-9-10-15)19-12-6-11-18-17(2,13-19)16-7-4-3-5-8-16/h3-5,7-8,14-15,18H,6,9-13H2,1-2H3. The smallest absolute Gasteiger partial charge is 0.0535 e. The van der Waals surface area contributed by atoms with Gasteiger partial charge in [0.2, 0.25) is 0 Å². The summed E-state index contributed by atoms with van der Waals surface area (Å²) < 4.78 is 0. The summed E-state index contributed by atoms with van der Waals surface area (Å²) in [5.41, 5.74) is 1.52. The zero-order valence-electron chi connectivity index (χ0n) is 12.2. The maximum absolute atomic E-state index is 3.78. The van der Waals surface area contributed by atoms with Gasteiger partial charge >= 0.3 is 0 Å². The van der Waals surface area contributed by atoms with E-state index in [0.717, 1.165) is 25.0 Å². The van der Waals surface area contributed by atoms with E-state index in [0.29, 0.717) is 0 Å². The highest BCUT2D eigenvalue weighted by Gasteiger charge is 2.37. The van der Waals surface area contributed by atoms with Crippen LogP contribution in [-0.2, 0) is 5.54 Å². The minimum absolute atomic E-state index is 0.0981. The molecule has 19 heavy (non-hydrogen) atoms. The fourth-order valence-electron chi connectivity index (χ4n) is 3.41. The lowest BCUT2D eigenvalue weighted by molar-refractivity contribution is 0.157. The van der Waals surface area contributed by atoms with Crippen molar-refractivity contribution in [3.63, 3.8) is 0 Å². The van der Waals surface area contributed by atoms with Gasteiger partial charge in [0.15, 0.2) is 0 Å². The number of rotatable bonds is 3. The van der Waals surface area contributed by atoms with E-state index in [-0.39, 0.29) is 5.54 Å². The Hall–Kier alpha value is -0.860. The molecule has 1 aromatic carbocycles. The maximum Gasteiger partial charge on any atom is 0.0535 e. The molecule has 1 N–H and O–H groups in total. The van der Waals surface area contributed by atoms with Gasteiger partial charge in [0, 0.05) is 12.6 Å². The first kappa shape index (κ1) is 13.1. The molecule has 0 spiro atoms. The van der Waals surface area contributed by atoms with Crippen molar-refractivity contribution in [2.45, 2.75) is 44.7 Å². The maximum atomic E-state index is 3.78. The number of hydrogen-bond acceptors (Lipinski definition) is 2. The second-order valence-electron chi connectivity index (χ2n) is 6.53. The lowest BCUT2D eigenvalue weighted by Crippen LogP contribution is -2.49. The van der Waals surface area contributed by atoms with E-state index in [2.05, 4.69) is 54.4 Å². The fraction of sp³-hybridized carbons (Fsp3) is 0.647. The molecule has 2 nitrogen and oxygen atoms in total. The first-order chi connectivity index (χ1) is 9.19. The number of nitrogens with zero attached hydrogens (tertiary/aromatic N) is 1. The topological polar surface area (TPSA) is 15.3 Å². The number of hydrogen-bond donors (Lipinski definition) is 1. The van der Waals surface area contributed by atoms with Crippen LogP contribution in [0.25, 0.3) is 0 Å². The van der Waals surface area contributed by atoms with Gasteiger partial charge in [-0.25, -0.2) is 0 Å². The molecule has 1 saturated heterocycles. The van der Waals surface area contributed by atoms with Gasteiger partial charge in [0.1, 0.15) is 0 Å². The van der Waals surface area contributed by atoms with E-state index in [1.165, 1.54) is 31.4 Å². The Morgan fingerprint density at radius 1 is 1.26 bits per heavy atom. The molecule has 2 unspecified atom stereocenters. The molecule has 2 atom stereocenters. The van der Waals surface area contributed by atoms with Crippen LogP contribution in [0.5, 0.6) is 0 Å². The van der Waals surface area contributed by atoms with Gasteiger partial charge in [-0.05, 0) is 57.7 Å². The van der Waals surface area contributed by atoms with Crippen molar-refractivity contribution in [1.82, 2.24) is 10.2 Å². The van der Waals surface area contributed by atoms with Crippen molar-refractivity contribution in [3.05, 3.63) is 35.9 Å². The summed E-state index contributed by atoms with van der Waals surface area (Å²) in [4.78, 5) is 2.71. The predicted molar refractivity (Wildman–Crippen MR) is 80.2 cm³/mol. The van der Waals surface area contributed by atoms with Crippen LogP contribution in [0.3, 0.4) is 0 Å². The Balaban J connectivity index is 1.80. The molecule has 104 valence electrons. The summed E-state index contributed by atoms with van der Waals surface area (Å²) in [6.07, 6.45) is 4.14. The quantitative estimate of drug-likeness (QED) is 0.896. The van der Waals surface area contributed by atoms with Crippen molar-refractivity contribution in [2.75, 3.05) is 19.6 Å². The minimum atomic E-state index is 0.0981. The first-order valence-corrected chi connectivity index (χ1v) is 7.74. The van der Waals surface area contributed by atoms with Crippen molar-refractivity contribution < 1.29 is 0 Å². The molecule has 0 radical (unpaired) electrons. The summed E-state index contributed by atoms with van der Waals surface area (Å²) in [7, 11) is 0. The molecule has 0 aromatic heterocycles. The minimum Gasteiger partial charge on any atom is -0.307 e. The van der Waals surface area contributed by atoms with Crippen LogP contribution >= 0.6 is 0 Å². The molecule has 2 heteroatoms. The molecular weight excluding hydrogens is 232 g/mol. The van der Waals surface area contributed by atoms with E-state index in [1.54, 1.807) is 0 Å². The Kier molecular flexibility index (Phi) is 3.64. The average molecular weight is 258 g/mol. The lowest BCUT2D eigenvalue weighted by atomic mass is 9.91. The highest BCUT2D eigenvalue weighted by atomic mass is 15.2. The third-order valence-electron chi connectivity index (χ3n) is 4.95. The summed E-state index contributed by atoms with van der Waals surface area (Å²) in [5.74, 6) is 0.957. The second kappa shape index (κ2) is 5.26. The molecular formula is C17H26N2. The zero-order chi connectivity index (χ0) is 13.3. The lowest BCUT2D eigenvalue weighted by Gasteiger charge is -2.37. The third kappa shape index (κ3) is 2.85. The van der Waals surface area contributed by atoms with Crippen LogP contribution in [0.15, 0.2) is 30.3 Å². The van der Waals surface area contributed by atoms with E-state index in [9.17, 15) is 0 Å². The zero-order valence-corrected chi connectivity index (χ0v) is 12.2. The van der Waals surface area contributed by atoms with Crippen LogP contribution in [0.1, 0.15) is 38.7 Å². The molecule has 2 aliphatic rings. The summed E-state index contributed by atoms with van der Waals surface area (Å²) in [6, 6.07) is 11.7. The van der Waals surface area contributed by atoms with Crippen molar-refractivity contribution >= 4 is 0 Å². The predicted octanol–water partition coefficient (Wildman–Crippen LogP) is 3.00. The fourth-order valence-corrected chi connectivity index (χ4v) is 3.41. The van der Waals surface area contributed by atoms with Crippen LogP contribution in [-0.4, -0.2) is 30.6 Å². The largest absolute Gasteiger partial charge is 0.307 e. The summed E-state index contributed by atoms with van der Waals surface area (Å²) in [5, 5.41) is 3.78. The van der Waals surface area contributed by atoms with Crippen molar-refractivity contribution in [1.29, 1.82) is 0 Å². The molecule has 1 heterocycles. The molecule has 2 fully saturated rings. The highest BCUT2D eigenvalue weighted by Crippen LogP contribution is 2.36. The summed E-state index contributed by atoms with van der Waals surface area (Å²) >= 11 is 0. The molecule has 1 aliphatic carbocycles. The van der Waals surface area contributed by atoms with E-state index in [1.807, 2.05) is 0 Å². The van der Waals surface area contributed by atoms with Crippen LogP contribution in [0.4, 0.5) is 0 Å². The Bertz CT molecular complexity index is 413. The van der Waals surface area contributed by atoms with Gasteiger partial charge in [-0.3, -0.25) is 4.90 Å². The number of benzene rings is 1.